The van der Waals surface area contributed by atoms with Crippen LogP contribution in [0.4, 0.5) is 5.82 Å². The van der Waals surface area contributed by atoms with E-state index in [4.69, 9.17) is 14.2 Å². The van der Waals surface area contributed by atoms with Crippen LogP contribution in [0.15, 0.2) is 54.1 Å². The lowest BCUT2D eigenvalue weighted by Crippen LogP contribution is -2.41. The highest BCUT2D eigenvalue weighted by atomic mass is 16.6. The van der Waals surface area contributed by atoms with Gasteiger partial charge in [-0.15, -0.1) is 0 Å². The summed E-state index contributed by atoms with van der Waals surface area (Å²) in [6.45, 7) is 3.74. The molecule has 0 unspecified atom stereocenters. The number of aromatic nitrogens is 2. The Bertz CT molecular complexity index is 979. The summed E-state index contributed by atoms with van der Waals surface area (Å²) in [5.41, 5.74) is 0.781. The van der Waals surface area contributed by atoms with Gasteiger partial charge in [-0.25, -0.2) is 4.68 Å². The molecule has 4 rings (SSSR count). The predicted molar refractivity (Wildman–Crippen MR) is 117 cm³/mol. The van der Waals surface area contributed by atoms with Gasteiger partial charge in [-0.05, 0) is 25.3 Å². The first kappa shape index (κ1) is 21.9. The fraction of sp³-hybridized carbons (Fsp3) is 0.435. The molecule has 2 aliphatic rings. The maximum Gasteiger partial charge on any atom is 0.292 e. The fourth-order valence-corrected chi connectivity index (χ4v) is 4.09. The number of nitrogens with one attached hydrogen (secondary N) is 1. The quantitative estimate of drug-likeness (QED) is 0.742. The van der Waals surface area contributed by atoms with Gasteiger partial charge in [0.2, 0.25) is 5.76 Å². The van der Waals surface area contributed by atoms with Gasteiger partial charge in [0.05, 0.1) is 12.2 Å². The van der Waals surface area contributed by atoms with Crippen LogP contribution >= 0.6 is 0 Å². The Kier molecular flexibility index (Phi) is 6.75. The predicted octanol–water partition coefficient (Wildman–Crippen LogP) is 2.65. The van der Waals surface area contributed by atoms with Crippen molar-refractivity contribution < 1.29 is 23.8 Å². The van der Waals surface area contributed by atoms with Crippen molar-refractivity contribution in [2.24, 2.45) is 0 Å². The van der Waals surface area contributed by atoms with E-state index in [1.165, 1.54) is 7.11 Å². The van der Waals surface area contributed by atoms with E-state index >= 15 is 0 Å². The molecule has 9 nitrogen and oxygen atoms in total. The van der Waals surface area contributed by atoms with E-state index in [0.717, 1.165) is 18.4 Å². The van der Waals surface area contributed by atoms with Crippen LogP contribution in [0.25, 0.3) is 0 Å². The van der Waals surface area contributed by atoms with Crippen LogP contribution in [0, 0.1) is 0 Å². The third-order valence-corrected chi connectivity index (χ3v) is 5.76. The zero-order chi connectivity index (χ0) is 22.5. The van der Waals surface area contributed by atoms with Crippen LogP contribution in [-0.2, 0) is 23.8 Å². The molecule has 1 aromatic heterocycles. The molecule has 170 valence electrons. The van der Waals surface area contributed by atoms with E-state index in [0.29, 0.717) is 43.6 Å². The Hall–Kier alpha value is -3.33. The van der Waals surface area contributed by atoms with Crippen molar-refractivity contribution in [3.8, 4) is 0 Å². The molecule has 1 saturated heterocycles. The smallest absolute Gasteiger partial charge is 0.292 e. The Morgan fingerprint density at radius 2 is 1.84 bits per heavy atom. The van der Waals surface area contributed by atoms with Crippen LogP contribution in [0.3, 0.4) is 0 Å². The zero-order valence-corrected chi connectivity index (χ0v) is 18.3. The van der Waals surface area contributed by atoms with E-state index in [1.54, 1.807) is 24.1 Å². The van der Waals surface area contributed by atoms with Gasteiger partial charge >= 0.3 is 0 Å². The third kappa shape index (κ3) is 4.62. The molecule has 9 heteroatoms. The largest absolute Gasteiger partial charge is 0.491 e. The van der Waals surface area contributed by atoms with E-state index < -0.39 is 6.10 Å². The molecule has 2 amide bonds. The number of allylic oxidation sites excluding steroid dienone is 1. The number of nitrogens with zero attached hydrogens (tertiary/aromatic N) is 3. The SMILES string of the molecule is CO[C@H](C(=O)Nc1ccnn1C1CCN(C(=O)C2=C(C)OCCO2)CC1)c1ccccc1. The molecule has 3 heterocycles. The summed E-state index contributed by atoms with van der Waals surface area (Å²) in [5, 5.41) is 7.37. The molecule has 32 heavy (non-hydrogen) atoms. The van der Waals surface area contributed by atoms with Gasteiger partial charge in [-0.2, -0.15) is 5.10 Å². The van der Waals surface area contributed by atoms with Crippen LogP contribution in [0.5, 0.6) is 0 Å². The van der Waals surface area contributed by atoms with Crippen molar-refractivity contribution in [1.29, 1.82) is 0 Å². The first-order valence-corrected chi connectivity index (χ1v) is 10.8. The minimum absolute atomic E-state index is 0.0701. The Morgan fingerprint density at radius 3 is 2.53 bits per heavy atom. The molecular formula is C23H28N4O5. The van der Waals surface area contributed by atoms with Gasteiger partial charge in [0, 0.05) is 26.3 Å². The molecule has 1 aromatic carbocycles. The average molecular weight is 441 g/mol. The molecule has 0 bridgehead atoms. The lowest BCUT2D eigenvalue weighted by Gasteiger charge is -2.33. The van der Waals surface area contributed by atoms with Crippen molar-refractivity contribution in [2.45, 2.75) is 31.9 Å². The van der Waals surface area contributed by atoms with Crippen molar-refractivity contribution in [1.82, 2.24) is 14.7 Å². The zero-order valence-electron chi connectivity index (χ0n) is 18.3. The van der Waals surface area contributed by atoms with Crippen molar-refractivity contribution in [3.63, 3.8) is 0 Å². The highest BCUT2D eigenvalue weighted by molar-refractivity contribution is 5.94. The van der Waals surface area contributed by atoms with Gasteiger partial charge in [-0.1, -0.05) is 30.3 Å². The highest BCUT2D eigenvalue weighted by Gasteiger charge is 2.31. The number of amides is 2. The van der Waals surface area contributed by atoms with Crippen LogP contribution < -0.4 is 5.32 Å². The number of likely N-dealkylation sites (tertiary alicyclic amines) is 1. The number of carbonyl (C=O) groups excluding carboxylic acids is 2. The number of methoxy groups -OCH3 is 1. The number of benzene rings is 1. The van der Waals surface area contributed by atoms with Crippen LogP contribution in [-0.4, -0.2) is 59.9 Å². The second kappa shape index (κ2) is 9.86. The Balaban J connectivity index is 1.39. The van der Waals surface area contributed by atoms with E-state index in [1.807, 2.05) is 35.0 Å². The summed E-state index contributed by atoms with van der Waals surface area (Å²) < 4.78 is 18.2. The van der Waals surface area contributed by atoms with E-state index in [2.05, 4.69) is 10.4 Å². The van der Waals surface area contributed by atoms with E-state index in [9.17, 15) is 9.59 Å². The molecule has 0 radical (unpaired) electrons. The van der Waals surface area contributed by atoms with Crippen LogP contribution in [0.2, 0.25) is 0 Å². The summed E-state index contributed by atoms with van der Waals surface area (Å²) in [6.07, 6.45) is 2.39. The van der Waals surface area contributed by atoms with Crippen molar-refractivity contribution in [2.75, 3.05) is 38.7 Å². The molecule has 2 aromatic rings. The van der Waals surface area contributed by atoms with Crippen molar-refractivity contribution in [3.05, 3.63) is 59.7 Å². The molecule has 0 aliphatic carbocycles. The molecule has 0 spiro atoms. The number of hydrogen-bond acceptors (Lipinski definition) is 6. The number of piperidine rings is 1. The molecule has 1 fully saturated rings. The maximum atomic E-state index is 12.9. The first-order valence-electron chi connectivity index (χ1n) is 10.8. The molecular weight excluding hydrogens is 412 g/mol. The summed E-state index contributed by atoms with van der Waals surface area (Å²) in [4.78, 5) is 27.4. The summed E-state index contributed by atoms with van der Waals surface area (Å²) in [7, 11) is 1.51. The van der Waals surface area contributed by atoms with E-state index in [-0.39, 0.29) is 17.9 Å². The molecule has 1 atom stereocenters. The standard InChI is InChI=1S/C23H28N4O5/c1-16-20(32-15-14-31-16)23(29)26-12-9-18(10-13-26)27-19(8-11-24-27)25-22(28)21(30-2)17-6-4-3-5-7-17/h3-8,11,18,21H,9-10,12-15H2,1-2H3,(H,25,28)/t21-/m0/s1. The monoisotopic (exact) mass is 440 g/mol. The number of ether oxygens (including phenoxy) is 3. The second-order valence-electron chi connectivity index (χ2n) is 7.78. The second-order valence-corrected chi connectivity index (χ2v) is 7.78. The highest BCUT2D eigenvalue weighted by Crippen LogP contribution is 2.28. The first-order chi connectivity index (χ1) is 15.6. The number of carbonyl (C=O) groups is 2. The average Bonchev–Trinajstić information content (AvgIpc) is 3.28. The van der Waals surface area contributed by atoms with Gasteiger partial charge in [0.25, 0.3) is 11.8 Å². The van der Waals surface area contributed by atoms with Gasteiger partial charge in [0.1, 0.15) is 24.8 Å². The Morgan fingerprint density at radius 1 is 1.12 bits per heavy atom. The summed E-state index contributed by atoms with van der Waals surface area (Å²) in [5.74, 6) is 1.05. The topological polar surface area (TPSA) is 94.9 Å². The van der Waals surface area contributed by atoms with Crippen molar-refractivity contribution >= 4 is 17.6 Å². The number of hydrogen-bond donors (Lipinski definition) is 1. The summed E-state index contributed by atoms with van der Waals surface area (Å²) >= 11 is 0. The van der Waals surface area contributed by atoms with Gasteiger partial charge in [-0.3, -0.25) is 9.59 Å². The lowest BCUT2D eigenvalue weighted by atomic mass is 10.0. The maximum absolute atomic E-state index is 12.9. The number of rotatable bonds is 6. The van der Waals surface area contributed by atoms with Gasteiger partial charge < -0.3 is 24.4 Å². The molecule has 1 N–H and O–H groups in total. The Labute approximate surface area is 186 Å². The lowest BCUT2D eigenvalue weighted by molar-refractivity contribution is -0.134. The normalized spacial score (nSPS) is 18.0. The van der Waals surface area contributed by atoms with Gasteiger partial charge in [0.15, 0.2) is 6.10 Å². The number of anilines is 1. The molecule has 2 aliphatic heterocycles. The summed E-state index contributed by atoms with van der Waals surface area (Å²) in [6, 6.07) is 11.2. The fourth-order valence-electron chi connectivity index (χ4n) is 4.09. The molecule has 0 saturated carbocycles. The van der Waals surface area contributed by atoms with Crippen LogP contribution in [0.1, 0.15) is 37.5 Å². The minimum Gasteiger partial charge on any atom is -0.491 e. The minimum atomic E-state index is -0.715. The third-order valence-electron chi connectivity index (χ3n) is 5.76.